The fourth-order valence-electron chi connectivity index (χ4n) is 4.63. The van der Waals surface area contributed by atoms with Crippen molar-refractivity contribution in [3.8, 4) is 5.75 Å². The molecule has 0 amide bonds. The summed E-state index contributed by atoms with van der Waals surface area (Å²) in [5.74, 6) is 0.770. The predicted molar refractivity (Wildman–Crippen MR) is 78.7 cm³/mol. The van der Waals surface area contributed by atoms with Crippen LogP contribution < -0.4 is 4.74 Å². The van der Waals surface area contributed by atoms with Gasteiger partial charge in [0, 0.05) is 11.7 Å². The summed E-state index contributed by atoms with van der Waals surface area (Å²) in [5, 5.41) is 0.640. The summed E-state index contributed by atoms with van der Waals surface area (Å²) in [5.41, 5.74) is 0. The number of hydrogen-bond donors (Lipinski definition) is 0. The molecular weight excluding hydrogens is 308 g/mol. The van der Waals surface area contributed by atoms with Crippen LogP contribution in [-0.2, 0) is 14.3 Å². The highest BCUT2D eigenvalue weighted by molar-refractivity contribution is 8.01. The minimum absolute atomic E-state index is 0.151. The summed E-state index contributed by atoms with van der Waals surface area (Å²) in [6, 6.07) is 6.80. The van der Waals surface area contributed by atoms with Gasteiger partial charge in [0.1, 0.15) is 10.6 Å². The zero-order chi connectivity index (χ0) is 14.2. The van der Waals surface area contributed by atoms with Crippen molar-refractivity contribution in [3.05, 3.63) is 24.3 Å². The molecule has 1 aromatic rings. The van der Waals surface area contributed by atoms with Gasteiger partial charge in [0.15, 0.2) is 0 Å². The molecule has 21 heavy (non-hydrogen) atoms. The molecular formula is C15H16O4S2. The molecule has 1 spiro atoms. The van der Waals surface area contributed by atoms with Crippen LogP contribution in [-0.4, -0.2) is 24.7 Å². The maximum Gasteiger partial charge on any atom is 0.304 e. The van der Waals surface area contributed by atoms with E-state index in [1.165, 1.54) is 19.3 Å². The van der Waals surface area contributed by atoms with Crippen molar-refractivity contribution >= 4 is 21.9 Å². The first-order chi connectivity index (χ1) is 10.1. The highest BCUT2D eigenvalue weighted by atomic mass is 32.2. The van der Waals surface area contributed by atoms with E-state index in [-0.39, 0.29) is 10.1 Å². The molecule has 6 heteroatoms. The molecule has 1 aliphatic carbocycles. The van der Waals surface area contributed by atoms with Gasteiger partial charge in [0.25, 0.3) is 0 Å². The van der Waals surface area contributed by atoms with Crippen LogP contribution in [0.3, 0.4) is 0 Å². The number of ether oxygens (including phenoxy) is 1. The van der Waals surface area contributed by atoms with Gasteiger partial charge in [-0.2, -0.15) is 8.42 Å². The highest BCUT2D eigenvalue weighted by Crippen LogP contribution is 2.65. The standard InChI is InChI=1S/C15H16O4S2/c16-21(17)13-7-2-1-6-11(13)18-15(19-21)8-12-9-4-3-5-10(9)14(15)20-12/h1-2,6-7,9-10,12,14H,3-5,8H2. The SMILES string of the molecule is O=S1(=O)OC2(CC3SC2C2CCCC32)Oc2ccccc21. The van der Waals surface area contributed by atoms with Crippen LogP contribution in [0.5, 0.6) is 5.75 Å². The Kier molecular flexibility index (Phi) is 2.42. The molecule has 2 saturated heterocycles. The third-order valence-corrected chi connectivity index (χ3v) is 8.63. The third kappa shape index (κ3) is 1.58. The van der Waals surface area contributed by atoms with E-state index in [4.69, 9.17) is 8.92 Å². The molecule has 2 bridgehead atoms. The molecule has 3 fully saturated rings. The van der Waals surface area contributed by atoms with Crippen LogP contribution in [0, 0.1) is 11.8 Å². The van der Waals surface area contributed by atoms with Crippen molar-refractivity contribution < 1.29 is 17.3 Å². The Hall–Kier alpha value is -0.720. The largest absolute Gasteiger partial charge is 0.458 e. The van der Waals surface area contributed by atoms with Crippen LogP contribution in [0.1, 0.15) is 25.7 Å². The summed E-state index contributed by atoms with van der Waals surface area (Å²) >= 11 is 1.89. The highest BCUT2D eigenvalue weighted by Gasteiger charge is 2.67. The number of fused-ring (bicyclic) bond motifs is 7. The van der Waals surface area contributed by atoms with E-state index in [2.05, 4.69) is 0 Å². The van der Waals surface area contributed by atoms with Crippen LogP contribution in [0.2, 0.25) is 0 Å². The maximum absolute atomic E-state index is 12.5. The fraction of sp³-hybridized carbons (Fsp3) is 0.600. The maximum atomic E-state index is 12.5. The van der Waals surface area contributed by atoms with Crippen LogP contribution in [0.25, 0.3) is 0 Å². The van der Waals surface area contributed by atoms with Crippen molar-refractivity contribution in [2.24, 2.45) is 11.8 Å². The number of para-hydroxylation sites is 1. The number of hydrogen-bond acceptors (Lipinski definition) is 5. The molecule has 0 radical (unpaired) electrons. The Morgan fingerprint density at radius 1 is 1.19 bits per heavy atom. The quantitative estimate of drug-likeness (QED) is 0.687. The van der Waals surface area contributed by atoms with Crippen molar-refractivity contribution in [2.75, 3.05) is 0 Å². The summed E-state index contributed by atoms with van der Waals surface area (Å²) in [6.07, 6.45) is 4.40. The topological polar surface area (TPSA) is 52.6 Å². The monoisotopic (exact) mass is 324 g/mol. The van der Waals surface area contributed by atoms with Crippen molar-refractivity contribution in [3.63, 3.8) is 0 Å². The van der Waals surface area contributed by atoms with E-state index in [1.807, 2.05) is 17.8 Å². The van der Waals surface area contributed by atoms with Gasteiger partial charge in [-0.3, -0.25) is 0 Å². The lowest BCUT2D eigenvalue weighted by molar-refractivity contribution is -0.142. The lowest BCUT2D eigenvalue weighted by Crippen LogP contribution is -2.54. The number of rotatable bonds is 0. The summed E-state index contributed by atoms with van der Waals surface area (Å²) < 4.78 is 36.7. The zero-order valence-corrected chi connectivity index (χ0v) is 13.0. The van der Waals surface area contributed by atoms with Crippen molar-refractivity contribution in [1.82, 2.24) is 0 Å². The Labute approximate surface area is 128 Å². The normalized spacial score (nSPS) is 45.3. The molecule has 4 aliphatic rings. The van der Waals surface area contributed by atoms with Crippen LogP contribution >= 0.6 is 11.8 Å². The molecule has 5 unspecified atom stereocenters. The van der Waals surface area contributed by atoms with E-state index in [9.17, 15) is 8.42 Å². The van der Waals surface area contributed by atoms with Crippen LogP contribution in [0.15, 0.2) is 29.2 Å². The Balaban J connectivity index is 1.61. The van der Waals surface area contributed by atoms with Crippen molar-refractivity contribution in [1.29, 1.82) is 0 Å². The Morgan fingerprint density at radius 3 is 2.90 bits per heavy atom. The van der Waals surface area contributed by atoms with E-state index in [0.717, 1.165) is 5.92 Å². The first-order valence-electron chi connectivity index (χ1n) is 7.48. The van der Waals surface area contributed by atoms with Gasteiger partial charge >= 0.3 is 10.1 Å². The average Bonchev–Trinajstić information content (AvgIpc) is 3.09. The lowest BCUT2D eigenvalue weighted by atomic mass is 9.78. The third-order valence-electron chi connectivity index (χ3n) is 5.38. The summed E-state index contributed by atoms with van der Waals surface area (Å²) in [4.78, 5) is 0.159. The van der Waals surface area contributed by atoms with Gasteiger partial charge in [-0.1, -0.05) is 18.6 Å². The Morgan fingerprint density at radius 2 is 2.00 bits per heavy atom. The molecule has 1 saturated carbocycles. The fourth-order valence-corrected chi connectivity index (χ4v) is 8.14. The molecule has 112 valence electrons. The lowest BCUT2D eigenvalue weighted by Gasteiger charge is -2.42. The first-order valence-corrected chi connectivity index (χ1v) is 9.83. The molecule has 5 atom stereocenters. The van der Waals surface area contributed by atoms with Crippen LogP contribution in [0.4, 0.5) is 0 Å². The summed E-state index contributed by atoms with van der Waals surface area (Å²) in [7, 11) is -3.72. The van der Waals surface area contributed by atoms with Gasteiger partial charge in [0.05, 0.1) is 5.25 Å². The molecule has 1 aromatic carbocycles. The zero-order valence-electron chi connectivity index (χ0n) is 11.4. The van der Waals surface area contributed by atoms with E-state index in [0.29, 0.717) is 23.3 Å². The van der Waals surface area contributed by atoms with Gasteiger partial charge in [-0.25, -0.2) is 4.18 Å². The van der Waals surface area contributed by atoms with Crippen molar-refractivity contribution in [2.45, 2.75) is 46.9 Å². The van der Waals surface area contributed by atoms with E-state index in [1.54, 1.807) is 18.2 Å². The minimum Gasteiger partial charge on any atom is -0.458 e. The summed E-state index contributed by atoms with van der Waals surface area (Å²) in [6.45, 7) is 0. The molecule has 5 rings (SSSR count). The van der Waals surface area contributed by atoms with Gasteiger partial charge < -0.3 is 4.74 Å². The van der Waals surface area contributed by atoms with E-state index < -0.39 is 15.9 Å². The second-order valence-corrected chi connectivity index (χ2v) is 9.36. The number of thioether (sulfide) groups is 1. The smallest absolute Gasteiger partial charge is 0.304 e. The number of benzene rings is 1. The molecule has 0 aromatic heterocycles. The van der Waals surface area contributed by atoms with Gasteiger partial charge in [-0.05, 0) is 36.8 Å². The molecule has 4 nitrogen and oxygen atoms in total. The predicted octanol–water partition coefficient (Wildman–Crippen LogP) is 2.78. The second kappa shape index (κ2) is 3.97. The molecule has 3 aliphatic heterocycles. The molecule has 3 heterocycles. The second-order valence-electron chi connectivity index (χ2n) is 6.46. The van der Waals surface area contributed by atoms with Gasteiger partial charge in [0.2, 0.25) is 5.79 Å². The molecule has 0 N–H and O–H groups in total. The minimum atomic E-state index is -3.72. The average molecular weight is 324 g/mol. The van der Waals surface area contributed by atoms with E-state index >= 15 is 0 Å². The van der Waals surface area contributed by atoms with Gasteiger partial charge in [-0.15, -0.1) is 11.8 Å². The Bertz CT molecular complexity index is 716. The first kappa shape index (κ1) is 12.8.